The van der Waals surface area contributed by atoms with Gasteiger partial charge in [0, 0.05) is 18.2 Å². The molecule has 2 fully saturated rings. The molecule has 0 aromatic heterocycles. The van der Waals surface area contributed by atoms with E-state index in [0.717, 1.165) is 23.9 Å². The molecule has 3 heteroatoms. The zero-order valence-electron chi connectivity index (χ0n) is 9.82. The Bertz CT molecular complexity index is 421. The summed E-state index contributed by atoms with van der Waals surface area (Å²) >= 11 is 5.89. The van der Waals surface area contributed by atoms with Crippen molar-refractivity contribution in [2.45, 2.75) is 38.3 Å². The molecule has 2 nitrogen and oxygen atoms in total. The number of benzene rings is 1. The Morgan fingerprint density at radius 3 is 2.88 bits per heavy atom. The first-order valence-electron chi connectivity index (χ1n) is 6.44. The van der Waals surface area contributed by atoms with Gasteiger partial charge in [-0.15, -0.1) is 0 Å². The number of phenolic OH excluding ortho intramolecular Hbond substituents is 1. The van der Waals surface area contributed by atoms with E-state index in [-0.39, 0.29) is 5.75 Å². The Hall–Kier alpha value is -0.730. The summed E-state index contributed by atoms with van der Waals surface area (Å²) in [4.78, 5) is 0. The Kier molecular flexibility index (Phi) is 3.01. The number of para-hydroxylation sites is 1. The molecule has 0 spiro atoms. The normalized spacial score (nSPS) is 31.0. The third-order valence-electron chi connectivity index (χ3n) is 4.36. The molecule has 2 aliphatic rings. The molecule has 2 saturated carbocycles. The van der Waals surface area contributed by atoms with E-state index < -0.39 is 0 Å². The quantitative estimate of drug-likeness (QED) is 0.864. The van der Waals surface area contributed by atoms with Crippen LogP contribution in [0.3, 0.4) is 0 Å². The van der Waals surface area contributed by atoms with Crippen molar-refractivity contribution in [3.8, 4) is 5.75 Å². The van der Waals surface area contributed by atoms with Crippen LogP contribution in [0.1, 0.15) is 31.2 Å². The van der Waals surface area contributed by atoms with Crippen LogP contribution in [-0.4, -0.2) is 11.1 Å². The molecule has 2 N–H and O–H groups in total. The number of aromatic hydroxyl groups is 1. The SMILES string of the molecule is Oc1c(Cl)cccc1CNC1CC2CCC1C2. The number of halogens is 1. The lowest BCUT2D eigenvalue weighted by Gasteiger charge is -2.23. The predicted octanol–water partition coefficient (Wildman–Crippen LogP) is 3.32. The van der Waals surface area contributed by atoms with Gasteiger partial charge in [-0.1, -0.05) is 30.2 Å². The molecule has 3 unspecified atom stereocenters. The average molecular weight is 252 g/mol. The predicted molar refractivity (Wildman–Crippen MR) is 69.2 cm³/mol. The minimum atomic E-state index is 0.227. The molecule has 0 saturated heterocycles. The van der Waals surface area contributed by atoms with Gasteiger partial charge < -0.3 is 10.4 Å². The summed E-state index contributed by atoms with van der Waals surface area (Å²) in [5.74, 6) is 2.04. The van der Waals surface area contributed by atoms with Crippen LogP contribution in [0.4, 0.5) is 0 Å². The molecule has 3 rings (SSSR count). The largest absolute Gasteiger partial charge is 0.506 e. The fourth-order valence-electron chi connectivity index (χ4n) is 3.44. The van der Waals surface area contributed by atoms with Gasteiger partial charge in [0.05, 0.1) is 5.02 Å². The molecular formula is C14H18ClNO. The van der Waals surface area contributed by atoms with Crippen LogP contribution < -0.4 is 5.32 Å². The van der Waals surface area contributed by atoms with Gasteiger partial charge in [0.2, 0.25) is 0 Å². The summed E-state index contributed by atoms with van der Waals surface area (Å²) in [6.07, 6.45) is 5.51. The zero-order chi connectivity index (χ0) is 11.8. The summed E-state index contributed by atoms with van der Waals surface area (Å²) in [5, 5.41) is 13.9. The van der Waals surface area contributed by atoms with Crippen molar-refractivity contribution < 1.29 is 5.11 Å². The molecule has 0 radical (unpaired) electrons. The van der Waals surface area contributed by atoms with Gasteiger partial charge in [-0.25, -0.2) is 0 Å². The maximum Gasteiger partial charge on any atom is 0.138 e. The van der Waals surface area contributed by atoms with E-state index in [4.69, 9.17) is 11.6 Å². The summed E-state index contributed by atoms with van der Waals surface area (Å²) in [6, 6.07) is 6.19. The van der Waals surface area contributed by atoms with Crippen LogP contribution in [0.25, 0.3) is 0 Å². The maximum atomic E-state index is 9.83. The van der Waals surface area contributed by atoms with Crippen molar-refractivity contribution in [1.29, 1.82) is 0 Å². The second-order valence-electron chi connectivity index (χ2n) is 5.41. The van der Waals surface area contributed by atoms with Crippen LogP contribution in [0.5, 0.6) is 5.75 Å². The fraction of sp³-hybridized carbons (Fsp3) is 0.571. The zero-order valence-corrected chi connectivity index (χ0v) is 10.6. The van der Waals surface area contributed by atoms with Crippen molar-refractivity contribution >= 4 is 11.6 Å². The molecule has 0 amide bonds. The lowest BCUT2D eigenvalue weighted by Crippen LogP contribution is -2.33. The van der Waals surface area contributed by atoms with E-state index in [9.17, 15) is 5.11 Å². The first-order chi connectivity index (χ1) is 8.24. The van der Waals surface area contributed by atoms with E-state index in [1.807, 2.05) is 12.1 Å². The maximum absolute atomic E-state index is 9.83. The van der Waals surface area contributed by atoms with E-state index in [1.54, 1.807) is 6.07 Å². The van der Waals surface area contributed by atoms with Crippen molar-refractivity contribution in [2.75, 3.05) is 0 Å². The van der Waals surface area contributed by atoms with E-state index in [2.05, 4.69) is 5.32 Å². The molecule has 92 valence electrons. The van der Waals surface area contributed by atoms with Crippen molar-refractivity contribution in [3.63, 3.8) is 0 Å². The lowest BCUT2D eigenvalue weighted by molar-refractivity contribution is 0.348. The van der Waals surface area contributed by atoms with Gasteiger partial charge >= 0.3 is 0 Å². The molecule has 0 heterocycles. The second-order valence-corrected chi connectivity index (χ2v) is 5.82. The first kappa shape index (κ1) is 11.4. The summed E-state index contributed by atoms with van der Waals surface area (Å²) in [7, 11) is 0. The highest BCUT2D eigenvalue weighted by atomic mass is 35.5. The highest BCUT2D eigenvalue weighted by molar-refractivity contribution is 6.32. The van der Waals surface area contributed by atoms with E-state index >= 15 is 0 Å². The van der Waals surface area contributed by atoms with Gasteiger partial charge in [0.25, 0.3) is 0 Å². The minimum Gasteiger partial charge on any atom is -0.506 e. The van der Waals surface area contributed by atoms with Crippen molar-refractivity contribution in [2.24, 2.45) is 11.8 Å². The number of phenols is 1. The molecular weight excluding hydrogens is 234 g/mol. The molecule has 3 atom stereocenters. The fourth-order valence-corrected chi connectivity index (χ4v) is 3.63. The van der Waals surface area contributed by atoms with Gasteiger partial charge in [-0.05, 0) is 37.2 Å². The van der Waals surface area contributed by atoms with Gasteiger partial charge in [-0.3, -0.25) is 0 Å². The Morgan fingerprint density at radius 2 is 2.18 bits per heavy atom. The van der Waals surface area contributed by atoms with E-state index in [0.29, 0.717) is 11.1 Å². The van der Waals surface area contributed by atoms with Crippen molar-refractivity contribution in [1.82, 2.24) is 5.32 Å². The number of nitrogens with one attached hydrogen (secondary N) is 1. The highest BCUT2D eigenvalue weighted by Crippen LogP contribution is 2.44. The summed E-state index contributed by atoms with van der Waals surface area (Å²) < 4.78 is 0. The topological polar surface area (TPSA) is 32.3 Å². The van der Waals surface area contributed by atoms with Crippen LogP contribution in [0.15, 0.2) is 18.2 Å². The van der Waals surface area contributed by atoms with Crippen molar-refractivity contribution in [3.05, 3.63) is 28.8 Å². The Morgan fingerprint density at radius 1 is 1.29 bits per heavy atom. The monoisotopic (exact) mass is 251 g/mol. The lowest BCUT2D eigenvalue weighted by atomic mass is 9.95. The molecule has 17 heavy (non-hydrogen) atoms. The first-order valence-corrected chi connectivity index (χ1v) is 6.81. The molecule has 1 aromatic carbocycles. The number of hydrogen-bond donors (Lipinski definition) is 2. The van der Waals surface area contributed by atoms with Crippen LogP contribution >= 0.6 is 11.6 Å². The average Bonchev–Trinajstić information content (AvgIpc) is 2.93. The third kappa shape index (κ3) is 2.16. The third-order valence-corrected chi connectivity index (χ3v) is 4.67. The van der Waals surface area contributed by atoms with Crippen LogP contribution in [0.2, 0.25) is 5.02 Å². The van der Waals surface area contributed by atoms with Gasteiger partial charge in [0.15, 0.2) is 0 Å². The highest BCUT2D eigenvalue weighted by Gasteiger charge is 2.38. The van der Waals surface area contributed by atoms with Crippen LogP contribution in [0, 0.1) is 11.8 Å². The second kappa shape index (κ2) is 4.51. The van der Waals surface area contributed by atoms with Gasteiger partial charge in [-0.2, -0.15) is 0 Å². The number of hydrogen-bond acceptors (Lipinski definition) is 2. The molecule has 0 aliphatic heterocycles. The minimum absolute atomic E-state index is 0.227. The summed E-state index contributed by atoms with van der Waals surface area (Å²) in [5.41, 5.74) is 0.903. The van der Waals surface area contributed by atoms with E-state index in [1.165, 1.54) is 25.7 Å². The Labute approximate surface area is 107 Å². The summed E-state index contributed by atoms with van der Waals surface area (Å²) in [6.45, 7) is 0.722. The number of rotatable bonds is 3. The van der Waals surface area contributed by atoms with Gasteiger partial charge in [0.1, 0.15) is 5.75 Å². The molecule has 2 bridgehead atoms. The van der Waals surface area contributed by atoms with Crippen LogP contribution in [-0.2, 0) is 6.54 Å². The smallest absolute Gasteiger partial charge is 0.138 e. The Balaban J connectivity index is 1.62. The standard InChI is InChI=1S/C14H18ClNO/c15-12-3-1-2-11(14(12)17)8-16-13-7-9-4-5-10(13)6-9/h1-3,9-10,13,16-17H,4-8H2. The molecule has 2 aliphatic carbocycles. The number of fused-ring (bicyclic) bond motifs is 2. The molecule has 1 aromatic rings.